The second-order valence-corrected chi connectivity index (χ2v) is 7.48. The molecule has 0 aliphatic carbocycles. The third kappa shape index (κ3) is 4.17. The van der Waals surface area contributed by atoms with Crippen molar-refractivity contribution in [3.63, 3.8) is 0 Å². The smallest absolute Gasteiger partial charge is 0.338 e. The number of rotatable bonds is 5. The van der Waals surface area contributed by atoms with Gasteiger partial charge in [-0.05, 0) is 36.4 Å². The number of aromatic nitrogens is 1. The summed E-state index contributed by atoms with van der Waals surface area (Å²) in [4.78, 5) is 16.7. The number of anilines is 1. The number of benzene rings is 2. The lowest BCUT2D eigenvalue weighted by atomic mass is 10.2. The summed E-state index contributed by atoms with van der Waals surface area (Å²) in [6.45, 7) is 0.0637. The standard InChI is InChI=1S/C18H14BrClN2O3S/c1-24-16-5-3-11(19)7-13(16)17-22-12(9-26-17)8-25-18(23)10-2-4-14(20)15(21)6-10/h2-7,9H,8,21H2,1H3. The molecule has 5 nitrogen and oxygen atoms in total. The van der Waals surface area contributed by atoms with Gasteiger partial charge in [-0.1, -0.05) is 27.5 Å². The Bertz CT molecular complexity index is 961. The van der Waals surface area contributed by atoms with Crippen LogP contribution in [-0.4, -0.2) is 18.1 Å². The number of nitrogens with two attached hydrogens (primary N) is 1. The van der Waals surface area contributed by atoms with Crippen LogP contribution < -0.4 is 10.5 Å². The number of hydrogen-bond acceptors (Lipinski definition) is 6. The maximum Gasteiger partial charge on any atom is 0.338 e. The molecule has 0 saturated carbocycles. The summed E-state index contributed by atoms with van der Waals surface area (Å²) in [7, 11) is 1.61. The van der Waals surface area contributed by atoms with Crippen LogP contribution in [0.5, 0.6) is 5.75 Å². The lowest BCUT2D eigenvalue weighted by molar-refractivity contribution is 0.0468. The summed E-state index contributed by atoms with van der Waals surface area (Å²) in [6, 6.07) is 10.3. The average molecular weight is 454 g/mol. The molecule has 26 heavy (non-hydrogen) atoms. The zero-order valence-electron chi connectivity index (χ0n) is 13.7. The van der Waals surface area contributed by atoms with Crippen molar-refractivity contribution in [1.82, 2.24) is 4.98 Å². The molecule has 0 aliphatic rings. The third-order valence-electron chi connectivity index (χ3n) is 3.53. The Balaban J connectivity index is 1.72. The first-order valence-corrected chi connectivity index (χ1v) is 9.53. The van der Waals surface area contributed by atoms with Crippen LogP contribution >= 0.6 is 38.9 Å². The van der Waals surface area contributed by atoms with Gasteiger partial charge in [0.2, 0.25) is 0 Å². The van der Waals surface area contributed by atoms with Crippen LogP contribution in [0.4, 0.5) is 5.69 Å². The number of halogens is 2. The van der Waals surface area contributed by atoms with E-state index in [1.54, 1.807) is 19.2 Å². The summed E-state index contributed by atoms with van der Waals surface area (Å²) in [6.07, 6.45) is 0. The van der Waals surface area contributed by atoms with Crippen LogP contribution in [0.15, 0.2) is 46.3 Å². The number of carbonyl (C=O) groups excluding carboxylic acids is 1. The zero-order valence-corrected chi connectivity index (χ0v) is 16.8. The van der Waals surface area contributed by atoms with Crippen LogP contribution in [0, 0.1) is 0 Å². The molecule has 0 bridgehead atoms. The lowest BCUT2D eigenvalue weighted by Gasteiger charge is -2.06. The Morgan fingerprint density at radius 1 is 1.31 bits per heavy atom. The first kappa shape index (κ1) is 18.7. The second-order valence-electron chi connectivity index (χ2n) is 5.30. The topological polar surface area (TPSA) is 74.4 Å². The van der Waals surface area contributed by atoms with E-state index in [4.69, 9.17) is 26.8 Å². The number of nitrogens with zero attached hydrogens (tertiary/aromatic N) is 1. The average Bonchev–Trinajstić information content (AvgIpc) is 3.11. The molecular formula is C18H14BrClN2O3S. The summed E-state index contributed by atoms with van der Waals surface area (Å²) < 4.78 is 11.6. The molecule has 8 heteroatoms. The van der Waals surface area contributed by atoms with Gasteiger partial charge in [-0.3, -0.25) is 0 Å². The van der Waals surface area contributed by atoms with E-state index < -0.39 is 5.97 Å². The largest absolute Gasteiger partial charge is 0.496 e. The minimum absolute atomic E-state index is 0.0637. The maximum absolute atomic E-state index is 12.1. The highest BCUT2D eigenvalue weighted by Gasteiger charge is 2.13. The maximum atomic E-state index is 12.1. The molecule has 134 valence electrons. The molecule has 0 fully saturated rings. The van der Waals surface area contributed by atoms with Crippen LogP contribution in [0.1, 0.15) is 16.1 Å². The number of nitrogen functional groups attached to an aromatic ring is 1. The normalized spacial score (nSPS) is 10.6. The molecule has 1 heterocycles. The third-order valence-corrected chi connectivity index (χ3v) is 5.29. The van der Waals surface area contributed by atoms with Crippen LogP contribution in [0.2, 0.25) is 5.02 Å². The SMILES string of the molecule is COc1ccc(Br)cc1-c1nc(COC(=O)c2ccc(Cl)c(N)c2)cs1. The van der Waals surface area contributed by atoms with Gasteiger partial charge >= 0.3 is 5.97 Å². The summed E-state index contributed by atoms with van der Waals surface area (Å²) in [5.74, 6) is 0.241. The van der Waals surface area contributed by atoms with Crippen molar-refractivity contribution in [2.24, 2.45) is 0 Å². The molecule has 0 amide bonds. The first-order chi connectivity index (χ1) is 12.5. The van der Waals surface area contributed by atoms with Gasteiger partial charge in [-0.2, -0.15) is 0 Å². The van der Waals surface area contributed by atoms with Gasteiger partial charge in [0.15, 0.2) is 0 Å². The monoisotopic (exact) mass is 452 g/mol. The minimum atomic E-state index is -0.483. The number of esters is 1. The number of ether oxygens (including phenoxy) is 2. The molecule has 0 atom stereocenters. The van der Waals surface area contributed by atoms with Gasteiger partial charge in [0.05, 0.1) is 34.6 Å². The number of methoxy groups -OCH3 is 1. The Labute approximate surface area is 167 Å². The van der Waals surface area contributed by atoms with Crippen LogP contribution in [-0.2, 0) is 11.3 Å². The predicted molar refractivity (Wildman–Crippen MR) is 107 cm³/mol. The van der Waals surface area contributed by atoms with E-state index in [9.17, 15) is 4.79 Å². The van der Waals surface area contributed by atoms with Gasteiger partial charge in [-0.15, -0.1) is 11.3 Å². The molecule has 2 N–H and O–H groups in total. The predicted octanol–water partition coefficient (Wildman–Crippen LogP) is 5.17. The molecule has 0 unspecified atom stereocenters. The highest BCUT2D eigenvalue weighted by molar-refractivity contribution is 9.10. The summed E-state index contributed by atoms with van der Waals surface area (Å²) >= 11 is 10.8. The highest BCUT2D eigenvalue weighted by Crippen LogP contribution is 2.34. The molecule has 3 rings (SSSR count). The molecule has 1 aromatic heterocycles. The Kier molecular flexibility index (Phi) is 5.80. The van der Waals surface area contributed by atoms with E-state index >= 15 is 0 Å². The van der Waals surface area contributed by atoms with Gasteiger partial charge in [0, 0.05) is 9.85 Å². The molecule has 0 spiro atoms. The van der Waals surface area contributed by atoms with Crippen LogP contribution in [0.3, 0.4) is 0 Å². The second kappa shape index (κ2) is 8.07. The van der Waals surface area contributed by atoms with Crippen LogP contribution in [0.25, 0.3) is 10.6 Å². The zero-order chi connectivity index (χ0) is 18.7. The molecule has 3 aromatic rings. The number of hydrogen-bond donors (Lipinski definition) is 1. The van der Waals surface area contributed by atoms with E-state index in [2.05, 4.69) is 20.9 Å². The van der Waals surface area contributed by atoms with Crippen molar-refractivity contribution >= 4 is 50.5 Å². The number of carbonyl (C=O) groups is 1. The van der Waals surface area contributed by atoms with E-state index in [-0.39, 0.29) is 6.61 Å². The summed E-state index contributed by atoms with van der Waals surface area (Å²) in [5.41, 5.74) is 7.91. The van der Waals surface area contributed by atoms with Gasteiger partial charge in [0.1, 0.15) is 17.4 Å². The van der Waals surface area contributed by atoms with Gasteiger partial charge < -0.3 is 15.2 Å². The molecule has 2 aromatic carbocycles. The highest BCUT2D eigenvalue weighted by atomic mass is 79.9. The van der Waals surface area contributed by atoms with Crippen molar-refractivity contribution in [3.8, 4) is 16.3 Å². The van der Waals surface area contributed by atoms with Gasteiger partial charge in [0.25, 0.3) is 0 Å². The van der Waals surface area contributed by atoms with Crippen molar-refractivity contribution in [1.29, 1.82) is 0 Å². The first-order valence-electron chi connectivity index (χ1n) is 7.48. The lowest BCUT2D eigenvalue weighted by Crippen LogP contribution is -2.06. The number of thiazole rings is 1. The Morgan fingerprint density at radius 2 is 2.12 bits per heavy atom. The quantitative estimate of drug-likeness (QED) is 0.426. The van der Waals surface area contributed by atoms with E-state index in [0.717, 1.165) is 20.8 Å². The van der Waals surface area contributed by atoms with Gasteiger partial charge in [-0.25, -0.2) is 9.78 Å². The minimum Gasteiger partial charge on any atom is -0.496 e. The van der Waals surface area contributed by atoms with Crippen molar-refractivity contribution in [3.05, 3.63) is 62.5 Å². The molecule has 0 saturated heterocycles. The van der Waals surface area contributed by atoms with E-state index in [1.807, 2.05) is 23.6 Å². The fourth-order valence-electron chi connectivity index (χ4n) is 2.24. The Morgan fingerprint density at radius 3 is 2.85 bits per heavy atom. The fourth-order valence-corrected chi connectivity index (χ4v) is 3.54. The fraction of sp³-hybridized carbons (Fsp3) is 0.111. The van der Waals surface area contributed by atoms with Crippen molar-refractivity contribution < 1.29 is 14.3 Å². The summed E-state index contributed by atoms with van der Waals surface area (Å²) in [5, 5.41) is 3.03. The molecular weight excluding hydrogens is 440 g/mol. The van der Waals surface area contributed by atoms with E-state index in [0.29, 0.717) is 22.0 Å². The molecule has 0 aliphatic heterocycles. The van der Waals surface area contributed by atoms with E-state index in [1.165, 1.54) is 17.4 Å². The Hall–Kier alpha value is -2.09. The van der Waals surface area contributed by atoms with Crippen molar-refractivity contribution in [2.75, 3.05) is 12.8 Å². The molecule has 0 radical (unpaired) electrons. The van der Waals surface area contributed by atoms with Crippen molar-refractivity contribution in [2.45, 2.75) is 6.61 Å².